The maximum atomic E-state index is 11.0. The van der Waals surface area contributed by atoms with Crippen molar-refractivity contribution in [3.8, 4) is 0 Å². The standard InChI is InChI=1S/C17H15ClN4O2S/c18-12-8-11(10-22-7-4-13(20-22)16(23)24)15-14(9-12)25-17(19-15)21-5-2-1-3-6-21/h1-2,4,7-9H,3,5-6,10H2,(H,23,24). The van der Waals surface area contributed by atoms with E-state index in [0.717, 1.165) is 40.4 Å². The molecule has 6 nitrogen and oxygen atoms in total. The number of thiazole rings is 1. The first-order chi connectivity index (χ1) is 12.1. The molecule has 1 aliphatic heterocycles. The zero-order valence-corrected chi connectivity index (χ0v) is 14.8. The SMILES string of the molecule is O=C(O)c1ccn(Cc2cc(Cl)cc3sc(N4CC=CCC4)nc23)n1. The molecule has 3 aromatic rings. The highest BCUT2D eigenvalue weighted by Gasteiger charge is 2.16. The molecule has 8 heteroatoms. The van der Waals surface area contributed by atoms with Crippen molar-refractivity contribution in [2.24, 2.45) is 0 Å². The molecule has 4 rings (SSSR count). The van der Waals surface area contributed by atoms with E-state index < -0.39 is 5.97 Å². The van der Waals surface area contributed by atoms with Crippen molar-refractivity contribution in [1.82, 2.24) is 14.8 Å². The van der Waals surface area contributed by atoms with E-state index in [1.54, 1.807) is 22.2 Å². The molecule has 0 radical (unpaired) electrons. The smallest absolute Gasteiger partial charge is 0.356 e. The van der Waals surface area contributed by atoms with Crippen LogP contribution in [0.4, 0.5) is 5.13 Å². The van der Waals surface area contributed by atoms with Gasteiger partial charge in [0.2, 0.25) is 0 Å². The number of halogens is 1. The molecule has 128 valence electrons. The minimum absolute atomic E-state index is 0.0253. The number of hydrogen-bond acceptors (Lipinski definition) is 5. The van der Waals surface area contributed by atoms with Gasteiger partial charge in [-0.1, -0.05) is 35.1 Å². The number of anilines is 1. The van der Waals surface area contributed by atoms with Gasteiger partial charge in [-0.25, -0.2) is 9.78 Å². The minimum Gasteiger partial charge on any atom is -0.476 e. The van der Waals surface area contributed by atoms with Crippen LogP contribution >= 0.6 is 22.9 Å². The van der Waals surface area contributed by atoms with Crippen LogP contribution in [-0.4, -0.2) is 38.9 Å². The summed E-state index contributed by atoms with van der Waals surface area (Å²) >= 11 is 7.90. The summed E-state index contributed by atoms with van der Waals surface area (Å²) in [6, 6.07) is 5.27. The molecule has 0 spiro atoms. The monoisotopic (exact) mass is 374 g/mol. The quantitative estimate of drug-likeness (QED) is 0.705. The number of nitrogens with zero attached hydrogens (tertiary/aromatic N) is 4. The number of aromatic carboxylic acids is 1. The average Bonchev–Trinajstić information content (AvgIpc) is 3.22. The third-order valence-electron chi connectivity index (χ3n) is 4.05. The number of rotatable bonds is 4. The highest BCUT2D eigenvalue weighted by Crippen LogP contribution is 2.34. The van der Waals surface area contributed by atoms with Gasteiger partial charge in [0.1, 0.15) is 0 Å². The van der Waals surface area contributed by atoms with Gasteiger partial charge in [0, 0.05) is 29.9 Å². The van der Waals surface area contributed by atoms with E-state index in [1.807, 2.05) is 12.1 Å². The lowest BCUT2D eigenvalue weighted by Crippen LogP contribution is -2.26. The maximum Gasteiger partial charge on any atom is 0.356 e. The first kappa shape index (κ1) is 16.1. The van der Waals surface area contributed by atoms with Crippen LogP contribution in [0.15, 0.2) is 36.5 Å². The summed E-state index contributed by atoms with van der Waals surface area (Å²) in [5, 5.41) is 14.7. The fourth-order valence-electron chi connectivity index (χ4n) is 2.86. The molecule has 1 aromatic carbocycles. The van der Waals surface area contributed by atoms with E-state index in [1.165, 1.54) is 6.07 Å². The first-order valence-corrected chi connectivity index (χ1v) is 9.05. The zero-order valence-electron chi connectivity index (χ0n) is 13.2. The number of aromatic nitrogens is 3. The van der Waals surface area contributed by atoms with Crippen molar-refractivity contribution >= 4 is 44.3 Å². The number of benzene rings is 1. The second-order valence-corrected chi connectivity index (χ2v) is 7.26. The Morgan fingerprint density at radius 1 is 1.36 bits per heavy atom. The van der Waals surface area contributed by atoms with Crippen LogP contribution in [0.5, 0.6) is 0 Å². The molecule has 0 unspecified atom stereocenters. The second-order valence-electron chi connectivity index (χ2n) is 5.82. The molecule has 0 bridgehead atoms. The summed E-state index contributed by atoms with van der Waals surface area (Å²) in [5.41, 5.74) is 1.85. The van der Waals surface area contributed by atoms with E-state index in [-0.39, 0.29) is 5.69 Å². The molecule has 0 saturated carbocycles. The fraction of sp³-hybridized carbons (Fsp3) is 0.235. The van der Waals surface area contributed by atoms with Crippen molar-refractivity contribution in [3.05, 3.63) is 52.8 Å². The van der Waals surface area contributed by atoms with Gasteiger partial charge in [-0.2, -0.15) is 5.10 Å². The van der Waals surface area contributed by atoms with Crippen molar-refractivity contribution in [2.45, 2.75) is 13.0 Å². The van der Waals surface area contributed by atoms with Crippen molar-refractivity contribution in [1.29, 1.82) is 0 Å². The highest BCUT2D eigenvalue weighted by atomic mass is 35.5. The molecule has 0 amide bonds. The topological polar surface area (TPSA) is 71.2 Å². The molecule has 0 aliphatic carbocycles. The molecule has 0 saturated heterocycles. The van der Waals surface area contributed by atoms with Crippen LogP contribution in [0.1, 0.15) is 22.5 Å². The van der Waals surface area contributed by atoms with Crippen LogP contribution in [0.2, 0.25) is 5.02 Å². The van der Waals surface area contributed by atoms with Gasteiger partial charge in [-0.3, -0.25) is 4.68 Å². The van der Waals surface area contributed by atoms with Gasteiger partial charge >= 0.3 is 5.97 Å². The van der Waals surface area contributed by atoms with Gasteiger partial charge in [-0.15, -0.1) is 0 Å². The van der Waals surface area contributed by atoms with Crippen LogP contribution < -0.4 is 4.90 Å². The molecule has 2 aromatic heterocycles. The van der Waals surface area contributed by atoms with E-state index in [4.69, 9.17) is 21.7 Å². The van der Waals surface area contributed by atoms with Gasteiger partial charge in [0.25, 0.3) is 0 Å². The predicted molar refractivity (Wildman–Crippen MR) is 98.9 cm³/mol. The molecule has 1 aliphatic rings. The lowest BCUT2D eigenvalue weighted by Gasteiger charge is -2.22. The lowest BCUT2D eigenvalue weighted by atomic mass is 10.2. The Morgan fingerprint density at radius 3 is 2.96 bits per heavy atom. The number of fused-ring (bicyclic) bond motifs is 1. The van der Waals surface area contributed by atoms with Crippen molar-refractivity contribution in [2.75, 3.05) is 18.0 Å². The van der Waals surface area contributed by atoms with E-state index in [9.17, 15) is 4.79 Å². The summed E-state index contributed by atoms with van der Waals surface area (Å²) in [4.78, 5) is 18.1. The van der Waals surface area contributed by atoms with Gasteiger partial charge in [0.15, 0.2) is 10.8 Å². The van der Waals surface area contributed by atoms with Crippen molar-refractivity contribution in [3.63, 3.8) is 0 Å². The number of hydrogen-bond donors (Lipinski definition) is 1. The lowest BCUT2D eigenvalue weighted by molar-refractivity contribution is 0.0689. The molecule has 0 fully saturated rings. The Balaban J connectivity index is 1.70. The number of carboxylic acids is 1. The van der Waals surface area contributed by atoms with Gasteiger partial charge < -0.3 is 10.0 Å². The Bertz CT molecular complexity index is 978. The van der Waals surface area contributed by atoms with E-state index in [0.29, 0.717) is 11.6 Å². The summed E-state index contributed by atoms with van der Waals surface area (Å²) in [7, 11) is 0. The van der Waals surface area contributed by atoms with Gasteiger partial charge in [0.05, 0.1) is 16.8 Å². The molecular weight excluding hydrogens is 360 g/mol. The van der Waals surface area contributed by atoms with Crippen LogP contribution in [0.3, 0.4) is 0 Å². The summed E-state index contributed by atoms with van der Waals surface area (Å²) in [5.74, 6) is -1.04. The highest BCUT2D eigenvalue weighted by molar-refractivity contribution is 7.22. The predicted octanol–water partition coefficient (Wildman–Crippen LogP) is 3.66. The molecular formula is C17H15ClN4O2S. The minimum atomic E-state index is -1.04. The molecule has 1 N–H and O–H groups in total. The summed E-state index contributed by atoms with van der Waals surface area (Å²) in [6.07, 6.45) is 7.01. The Labute approximate surface area is 153 Å². The number of carboxylic acid groups (broad SMARTS) is 1. The first-order valence-electron chi connectivity index (χ1n) is 7.86. The molecule has 25 heavy (non-hydrogen) atoms. The number of carbonyl (C=O) groups is 1. The van der Waals surface area contributed by atoms with Crippen LogP contribution in [0, 0.1) is 0 Å². The maximum absolute atomic E-state index is 11.0. The van der Waals surface area contributed by atoms with E-state index in [2.05, 4.69) is 22.2 Å². The zero-order chi connectivity index (χ0) is 17.4. The Kier molecular flexibility index (Phi) is 4.19. The van der Waals surface area contributed by atoms with Crippen LogP contribution in [0.25, 0.3) is 10.2 Å². The normalized spacial score (nSPS) is 14.4. The van der Waals surface area contributed by atoms with Gasteiger partial charge in [-0.05, 0) is 24.6 Å². The Morgan fingerprint density at radius 2 is 2.24 bits per heavy atom. The molecule has 0 atom stereocenters. The summed E-state index contributed by atoms with van der Waals surface area (Å²) < 4.78 is 2.62. The second kappa shape index (κ2) is 6.50. The van der Waals surface area contributed by atoms with Crippen molar-refractivity contribution < 1.29 is 9.90 Å². The Hall–Kier alpha value is -2.38. The third-order valence-corrected chi connectivity index (χ3v) is 5.33. The fourth-order valence-corrected chi connectivity index (χ4v) is 4.25. The average molecular weight is 375 g/mol. The molecule has 3 heterocycles. The largest absolute Gasteiger partial charge is 0.476 e. The summed E-state index contributed by atoms with van der Waals surface area (Å²) in [6.45, 7) is 2.25. The third kappa shape index (κ3) is 3.25. The van der Waals surface area contributed by atoms with E-state index >= 15 is 0 Å². The van der Waals surface area contributed by atoms with Crippen LogP contribution in [-0.2, 0) is 6.54 Å².